The standard InChI is InChI=1S/C17H19N5O2S/c1-4-9-18-16(24)13-7-5-6-8-14(13)20-15(23)10-25-17-21-19-11-22(17)12(2)3/h1,5-8,11-12H,9-10H2,2-3H3,(H,18,24)(H,20,23). The Labute approximate surface area is 150 Å². The zero-order valence-corrected chi connectivity index (χ0v) is 14.8. The van der Waals surface area contributed by atoms with Gasteiger partial charge in [-0.3, -0.25) is 9.59 Å². The minimum absolute atomic E-state index is 0.127. The van der Waals surface area contributed by atoms with Gasteiger partial charge in [0.2, 0.25) is 5.91 Å². The zero-order valence-electron chi connectivity index (χ0n) is 14.0. The Bertz CT molecular complexity index is 794. The summed E-state index contributed by atoms with van der Waals surface area (Å²) in [5, 5.41) is 13.9. The monoisotopic (exact) mass is 357 g/mol. The molecule has 2 N–H and O–H groups in total. The molecule has 0 aliphatic carbocycles. The van der Waals surface area contributed by atoms with Crippen LogP contribution in [-0.4, -0.2) is 38.9 Å². The van der Waals surface area contributed by atoms with Crippen molar-refractivity contribution < 1.29 is 9.59 Å². The number of carbonyl (C=O) groups is 2. The Kier molecular flexibility index (Phi) is 6.60. The lowest BCUT2D eigenvalue weighted by Crippen LogP contribution is -2.25. The lowest BCUT2D eigenvalue weighted by molar-refractivity contribution is -0.113. The molecule has 25 heavy (non-hydrogen) atoms. The molecule has 0 unspecified atom stereocenters. The molecule has 0 bridgehead atoms. The van der Waals surface area contributed by atoms with Crippen molar-refractivity contribution in [3.8, 4) is 12.3 Å². The van der Waals surface area contributed by atoms with E-state index in [1.165, 1.54) is 11.8 Å². The minimum Gasteiger partial charge on any atom is -0.341 e. The first-order valence-corrected chi connectivity index (χ1v) is 8.64. The second-order valence-corrected chi connectivity index (χ2v) is 6.33. The van der Waals surface area contributed by atoms with Crippen LogP contribution in [0.3, 0.4) is 0 Å². The first kappa shape index (κ1) is 18.5. The first-order chi connectivity index (χ1) is 12.0. The summed E-state index contributed by atoms with van der Waals surface area (Å²) in [6, 6.07) is 6.98. The molecular weight excluding hydrogens is 338 g/mol. The highest BCUT2D eigenvalue weighted by molar-refractivity contribution is 7.99. The molecule has 0 spiro atoms. The van der Waals surface area contributed by atoms with E-state index >= 15 is 0 Å². The van der Waals surface area contributed by atoms with Crippen molar-refractivity contribution >= 4 is 29.3 Å². The van der Waals surface area contributed by atoms with Crippen LogP contribution in [0.4, 0.5) is 5.69 Å². The number of terminal acetylenes is 1. The fourth-order valence-electron chi connectivity index (χ4n) is 2.02. The molecule has 1 aromatic carbocycles. The zero-order chi connectivity index (χ0) is 18.2. The van der Waals surface area contributed by atoms with Crippen LogP contribution in [0, 0.1) is 12.3 Å². The van der Waals surface area contributed by atoms with E-state index in [0.717, 1.165) is 0 Å². The quantitative estimate of drug-likeness (QED) is 0.584. The Morgan fingerprint density at radius 3 is 2.84 bits per heavy atom. The topological polar surface area (TPSA) is 88.9 Å². The van der Waals surface area contributed by atoms with E-state index in [1.54, 1.807) is 30.6 Å². The molecule has 0 saturated carbocycles. The molecule has 1 aromatic heterocycles. The molecule has 2 aromatic rings. The van der Waals surface area contributed by atoms with Crippen LogP contribution >= 0.6 is 11.8 Å². The number of nitrogens with one attached hydrogen (secondary N) is 2. The molecule has 8 heteroatoms. The van der Waals surface area contributed by atoms with Gasteiger partial charge in [-0.25, -0.2) is 0 Å². The van der Waals surface area contributed by atoms with E-state index in [-0.39, 0.29) is 30.2 Å². The summed E-state index contributed by atoms with van der Waals surface area (Å²) in [4.78, 5) is 24.3. The summed E-state index contributed by atoms with van der Waals surface area (Å²) in [5.41, 5.74) is 0.800. The molecule has 0 radical (unpaired) electrons. The number of benzene rings is 1. The number of aromatic nitrogens is 3. The van der Waals surface area contributed by atoms with Crippen molar-refractivity contribution in [3.05, 3.63) is 36.2 Å². The number of amides is 2. The number of carbonyl (C=O) groups excluding carboxylic acids is 2. The van der Waals surface area contributed by atoms with Gasteiger partial charge in [-0.2, -0.15) is 0 Å². The van der Waals surface area contributed by atoms with Gasteiger partial charge < -0.3 is 15.2 Å². The van der Waals surface area contributed by atoms with E-state index in [4.69, 9.17) is 6.42 Å². The van der Waals surface area contributed by atoms with E-state index in [9.17, 15) is 9.59 Å². The average molecular weight is 357 g/mol. The van der Waals surface area contributed by atoms with Gasteiger partial charge in [0, 0.05) is 6.04 Å². The van der Waals surface area contributed by atoms with E-state index in [2.05, 4.69) is 26.8 Å². The maximum absolute atomic E-state index is 12.2. The van der Waals surface area contributed by atoms with Crippen molar-refractivity contribution in [2.24, 2.45) is 0 Å². The summed E-state index contributed by atoms with van der Waals surface area (Å²) in [5.74, 6) is 1.93. The van der Waals surface area contributed by atoms with Crippen molar-refractivity contribution in [1.82, 2.24) is 20.1 Å². The van der Waals surface area contributed by atoms with E-state index < -0.39 is 0 Å². The number of anilines is 1. The first-order valence-electron chi connectivity index (χ1n) is 7.65. The van der Waals surface area contributed by atoms with Crippen LogP contribution in [0.15, 0.2) is 35.7 Å². The van der Waals surface area contributed by atoms with Gasteiger partial charge in [-0.15, -0.1) is 16.6 Å². The molecule has 1 heterocycles. The minimum atomic E-state index is -0.332. The summed E-state index contributed by atoms with van der Waals surface area (Å²) >= 11 is 1.29. The van der Waals surface area contributed by atoms with Crippen LogP contribution < -0.4 is 10.6 Å². The molecule has 2 amide bonds. The predicted molar refractivity (Wildman–Crippen MR) is 97.4 cm³/mol. The van der Waals surface area contributed by atoms with E-state index in [1.807, 2.05) is 18.4 Å². The van der Waals surface area contributed by atoms with E-state index in [0.29, 0.717) is 16.4 Å². The maximum atomic E-state index is 12.2. The van der Waals surface area contributed by atoms with Crippen molar-refractivity contribution in [3.63, 3.8) is 0 Å². The van der Waals surface area contributed by atoms with Gasteiger partial charge in [0.15, 0.2) is 5.16 Å². The lowest BCUT2D eigenvalue weighted by atomic mass is 10.1. The highest BCUT2D eigenvalue weighted by Crippen LogP contribution is 2.20. The van der Waals surface area contributed by atoms with Gasteiger partial charge in [0.25, 0.3) is 5.91 Å². The van der Waals surface area contributed by atoms with Gasteiger partial charge >= 0.3 is 0 Å². The summed E-state index contributed by atoms with van der Waals surface area (Å²) in [7, 11) is 0. The molecule has 0 saturated heterocycles. The normalized spacial score (nSPS) is 10.3. The Morgan fingerprint density at radius 2 is 2.12 bits per heavy atom. The summed E-state index contributed by atoms with van der Waals surface area (Å²) < 4.78 is 1.89. The van der Waals surface area contributed by atoms with Crippen molar-refractivity contribution in [2.45, 2.75) is 25.0 Å². The van der Waals surface area contributed by atoms with Crippen molar-refractivity contribution in [2.75, 3.05) is 17.6 Å². The second-order valence-electron chi connectivity index (χ2n) is 5.38. The fraction of sp³-hybridized carbons (Fsp3) is 0.294. The smallest absolute Gasteiger partial charge is 0.254 e. The molecule has 7 nitrogen and oxygen atoms in total. The van der Waals surface area contributed by atoms with Crippen LogP contribution in [0.25, 0.3) is 0 Å². The van der Waals surface area contributed by atoms with Gasteiger partial charge in [-0.05, 0) is 26.0 Å². The largest absolute Gasteiger partial charge is 0.341 e. The third kappa shape index (κ3) is 5.09. The lowest BCUT2D eigenvalue weighted by Gasteiger charge is -2.11. The molecule has 0 aliphatic rings. The summed E-state index contributed by atoms with van der Waals surface area (Å²) in [6.07, 6.45) is 6.78. The summed E-state index contributed by atoms with van der Waals surface area (Å²) in [6.45, 7) is 4.15. The highest BCUT2D eigenvalue weighted by Gasteiger charge is 2.14. The van der Waals surface area contributed by atoms with Gasteiger partial charge in [0.1, 0.15) is 6.33 Å². The number of hydrogen-bond donors (Lipinski definition) is 2. The Morgan fingerprint density at radius 1 is 1.36 bits per heavy atom. The second kappa shape index (κ2) is 8.89. The Balaban J connectivity index is 2.00. The van der Waals surface area contributed by atoms with Crippen LogP contribution in [0.5, 0.6) is 0 Å². The number of hydrogen-bond acceptors (Lipinski definition) is 5. The van der Waals surface area contributed by atoms with Crippen LogP contribution in [0.2, 0.25) is 0 Å². The molecule has 0 atom stereocenters. The maximum Gasteiger partial charge on any atom is 0.254 e. The van der Waals surface area contributed by atoms with Crippen LogP contribution in [0.1, 0.15) is 30.2 Å². The van der Waals surface area contributed by atoms with Crippen molar-refractivity contribution in [1.29, 1.82) is 0 Å². The number of nitrogens with zero attached hydrogens (tertiary/aromatic N) is 3. The highest BCUT2D eigenvalue weighted by atomic mass is 32.2. The van der Waals surface area contributed by atoms with Crippen LogP contribution in [-0.2, 0) is 4.79 Å². The fourth-order valence-corrected chi connectivity index (χ4v) is 2.87. The predicted octanol–water partition coefficient (Wildman–Crippen LogP) is 1.95. The number of rotatable bonds is 7. The molecule has 2 rings (SSSR count). The molecular formula is C17H19N5O2S. The van der Waals surface area contributed by atoms with Gasteiger partial charge in [0.05, 0.1) is 23.5 Å². The molecule has 0 fully saturated rings. The number of para-hydroxylation sites is 1. The average Bonchev–Trinajstić information content (AvgIpc) is 3.07. The Hall–Kier alpha value is -2.79. The van der Waals surface area contributed by atoms with Gasteiger partial charge in [-0.1, -0.05) is 29.8 Å². The third-order valence-corrected chi connectivity index (χ3v) is 4.18. The number of thioether (sulfide) groups is 1. The molecule has 0 aliphatic heterocycles. The molecule has 130 valence electrons. The SMILES string of the molecule is C#CCNC(=O)c1ccccc1NC(=O)CSc1nncn1C(C)C. The third-order valence-electron chi connectivity index (χ3n) is 3.23.